The summed E-state index contributed by atoms with van der Waals surface area (Å²) < 4.78 is 5.55. The molecule has 0 fully saturated rings. The van der Waals surface area contributed by atoms with E-state index in [-0.39, 0.29) is 23.9 Å². The van der Waals surface area contributed by atoms with Crippen LogP contribution in [-0.2, 0) is 4.79 Å². The molecular weight excluding hydrogens is 252 g/mol. The third-order valence-corrected chi connectivity index (χ3v) is 3.26. The average Bonchev–Trinajstić information content (AvgIpc) is 2.42. The van der Waals surface area contributed by atoms with E-state index in [4.69, 9.17) is 10.5 Å². The number of amides is 1. The Morgan fingerprint density at radius 1 is 1.25 bits per heavy atom. The zero-order valence-electron chi connectivity index (χ0n) is 12.8. The van der Waals surface area contributed by atoms with Gasteiger partial charge < -0.3 is 10.5 Å². The lowest BCUT2D eigenvalue weighted by Crippen LogP contribution is -2.45. The minimum Gasteiger partial charge on any atom is -0.494 e. The van der Waals surface area contributed by atoms with Crippen molar-refractivity contribution in [1.82, 2.24) is 5.32 Å². The standard InChI is InChI=1S/C16H26N2O2/c1-5-10-20-14-8-6-13(7-9-14)12(4)18-15(11(2)3)16(17)19/h6-9,11-12,15,18H,5,10H2,1-4H3,(H2,17,19). The Labute approximate surface area is 121 Å². The van der Waals surface area contributed by atoms with Crippen LogP contribution in [0.15, 0.2) is 24.3 Å². The van der Waals surface area contributed by atoms with Crippen molar-refractivity contribution in [3.63, 3.8) is 0 Å². The maximum atomic E-state index is 11.4. The van der Waals surface area contributed by atoms with Gasteiger partial charge in [0.05, 0.1) is 12.6 Å². The van der Waals surface area contributed by atoms with E-state index >= 15 is 0 Å². The predicted molar refractivity (Wildman–Crippen MR) is 81.6 cm³/mol. The van der Waals surface area contributed by atoms with Crippen LogP contribution in [0.25, 0.3) is 0 Å². The smallest absolute Gasteiger partial charge is 0.234 e. The van der Waals surface area contributed by atoms with Crippen molar-refractivity contribution in [2.24, 2.45) is 11.7 Å². The number of hydrogen-bond acceptors (Lipinski definition) is 3. The molecule has 0 heterocycles. The molecule has 0 aliphatic heterocycles. The first-order valence-corrected chi connectivity index (χ1v) is 7.23. The molecule has 112 valence electrons. The van der Waals surface area contributed by atoms with Crippen molar-refractivity contribution in [2.45, 2.75) is 46.2 Å². The Bertz CT molecular complexity index is 415. The molecule has 4 nitrogen and oxygen atoms in total. The molecule has 2 atom stereocenters. The van der Waals surface area contributed by atoms with Crippen LogP contribution in [-0.4, -0.2) is 18.6 Å². The topological polar surface area (TPSA) is 64.3 Å². The van der Waals surface area contributed by atoms with E-state index in [1.807, 2.05) is 45.0 Å². The van der Waals surface area contributed by atoms with Crippen LogP contribution in [0.1, 0.15) is 45.7 Å². The number of carbonyl (C=O) groups excluding carboxylic acids is 1. The van der Waals surface area contributed by atoms with Gasteiger partial charge in [0.1, 0.15) is 5.75 Å². The van der Waals surface area contributed by atoms with Crippen LogP contribution in [0.2, 0.25) is 0 Å². The molecule has 20 heavy (non-hydrogen) atoms. The van der Waals surface area contributed by atoms with E-state index in [9.17, 15) is 4.79 Å². The minimum atomic E-state index is -0.319. The fourth-order valence-corrected chi connectivity index (χ4v) is 2.04. The zero-order chi connectivity index (χ0) is 15.1. The van der Waals surface area contributed by atoms with Crippen LogP contribution in [0.3, 0.4) is 0 Å². The highest BCUT2D eigenvalue weighted by atomic mass is 16.5. The fraction of sp³-hybridized carbons (Fsp3) is 0.562. The highest BCUT2D eigenvalue weighted by Gasteiger charge is 2.21. The average molecular weight is 278 g/mol. The summed E-state index contributed by atoms with van der Waals surface area (Å²) in [6.07, 6.45) is 0.994. The predicted octanol–water partition coefficient (Wildman–Crippen LogP) is 2.64. The van der Waals surface area contributed by atoms with E-state index in [1.54, 1.807) is 0 Å². The Balaban J connectivity index is 2.67. The highest BCUT2D eigenvalue weighted by molar-refractivity contribution is 5.80. The van der Waals surface area contributed by atoms with Gasteiger partial charge in [-0.25, -0.2) is 0 Å². The first-order valence-electron chi connectivity index (χ1n) is 7.23. The Morgan fingerprint density at radius 3 is 2.30 bits per heavy atom. The van der Waals surface area contributed by atoms with Crippen LogP contribution in [0.4, 0.5) is 0 Å². The first-order chi connectivity index (χ1) is 9.45. The van der Waals surface area contributed by atoms with Crippen LogP contribution < -0.4 is 15.8 Å². The van der Waals surface area contributed by atoms with E-state index in [0.717, 1.165) is 24.3 Å². The number of rotatable bonds is 8. The zero-order valence-corrected chi connectivity index (χ0v) is 12.8. The fourth-order valence-electron chi connectivity index (χ4n) is 2.04. The Hall–Kier alpha value is -1.55. The number of ether oxygens (including phenoxy) is 1. The van der Waals surface area contributed by atoms with Gasteiger partial charge in [0.25, 0.3) is 0 Å². The molecule has 0 bridgehead atoms. The summed E-state index contributed by atoms with van der Waals surface area (Å²) in [5.41, 5.74) is 6.53. The SMILES string of the molecule is CCCOc1ccc(C(C)NC(C(N)=O)C(C)C)cc1. The van der Waals surface area contributed by atoms with Crippen molar-refractivity contribution in [1.29, 1.82) is 0 Å². The van der Waals surface area contributed by atoms with E-state index in [0.29, 0.717) is 0 Å². The molecule has 3 N–H and O–H groups in total. The molecule has 2 unspecified atom stereocenters. The third-order valence-electron chi connectivity index (χ3n) is 3.26. The lowest BCUT2D eigenvalue weighted by Gasteiger charge is -2.24. The molecule has 4 heteroatoms. The summed E-state index contributed by atoms with van der Waals surface area (Å²) in [6.45, 7) is 8.80. The van der Waals surface area contributed by atoms with Gasteiger partial charge in [-0.05, 0) is 37.0 Å². The van der Waals surface area contributed by atoms with Gasteiger partial charge in [-0.3, -0.25) is 10.1 Å². The van der Waals surface area contributed by atoms with Crippen molar-refractivity contribution in [3.8, 4) is 5.75 Å². The quantitative estimate of drug-likeness (QED) is 0.768. The molecule has 1 rings (SSSR count). The van der Waals surface area contributed by atoms with Gasteiger partial charge in [0.2, 0.25) is 5.91 Å². The maximum Gasteiger partial charge on any atom is 0.234 e. The second-order valence-electron chi connectivity index (χ2n) is 5.43. The molecular formula is C16H26N2O2. The third kappa shape index (κ3) is 4.85. The van der Waals surface area contributed by atoms with Crippen molar-refractivity contribution >= 4 is 5.91 Å². The summed E-state index contributed by atoms with van der Waals surface area (Å²) in [6, 6.07) is 7.69. The summed E-state index contributed by atoms with van der Waals surface area (Å²) in [5, 5.41) is 3.28. The first kappa shape index (κ1) is 16.5. The van der Waals surface area contributed by atoms with Gasteiger partial charge in [0.15, 0.2) is 0 Å². The van der Waals surface area contributed by atoms with Gasteiger partial charge in [-0.15, -0.1) is 0 Å². The lowest BCUT2D eigenvalue weighted by atomic mass is 10.0. The second-order valence-corrected chi connectivity index (χ2v) is 5.43. The van der Waals surface area contributed by atoms with Crippen molar-refractivity contribution < 1.29 is 9.53 Å². The molecule has 0 radical (unpaired) electrons. The van der Waals surface area contributed by atoms with Crippen molar-refractivity contribution in [2.75, 3.05) is 6.61 Å². The number of nitrogens with one attached hydrogen (secondary N) is 1. The normalized spacial score (nSPS) is 14.1. The molecule has 0 saturated carbocycles. The molecule has 0 saturated heterocycles. The summed E-state index contributed by atoms with van der Waals surface area (Å²) >= 11 is 0. The lowest BCUT2D eigenvalue weighted by molar-refractivity contribution is -0.121. The Morgan fingerprint density at radius 2 is 1.85 bits per heavy atom. The van der Waals surface area contributed by atoms with Crippen LogP contribution >= 0.6 is 0 Å². The number of primary amides is 1. The second kappa shape index (κ2) is 7.90. The molecule has 0 aliphatic carbocycles. The molecule has 0 aliphatic rings. The number of nitrogens with two attached hydrogens (primary N) is 1. The molecule has 1 amide bonds. The molecule has 1 aromatic carbocycles. The van der Waals surface area contributed by atoms with Gasteiger partial charge in [-0.1, -0.05) is 32.9 Å². The summed E-state index contributed by atoms with van der Waals surface area (Å²) in [4.78, 5) is 11.4. The van der Waals surface area contributed by atoms with Crippen LogP contribution in [0.5, 0.6) is 5.75 Å². The van der Waals surface area contributed by atoms with Gasteiger partial charge in [-0.2, -0.15) is 0 Å². The molecule has 1 aromatic rings. The largest absolute Gasteiger partial charge is 0.494 e. The van der Waals surface area contributed by atoms with Gasteiger partial charge >= 0.3 is 0 Å². The number of hydrogen-bond donors (Lipinski definition) is 2. The van der Waals surface area contributed by atoms with Crippen molar-refractivity contribution in [3.05, 3.63) is 29.8 Å². The molecule has 0 spiro atoms. The summed E-state index contributed by atoms with van der Waals surface area (Å²) in [5.74, 6) is 0.731. The van der Waals surface area contributed by atoms with Crippen LogP contribution in [0, 0.1) is 5.92 Å². The molecule has 0 aromatic heterocycles. The van der Waals surface area contributed by atoms with E-state index in [2.05, 4.69) is 12.2 Å². The van der Waals surface area contributed by atoms with Gasteiger partial charge in [0, 0.05) is 6.04 Å². The maximum absolute atomic E-state index is 11.4. The number of benzene rings is 1. The summed E-state index contributed by atoms with van der Waals surface area (Å²) in [7, 11) is 0. The van der Waals surface area contributed by atoms with E-state index in [1.165, 1.54) is 0 Å². The Kier molecular flexibility index (Phi) is 6.52. The monoisotopic (exact) mass is 278 g/mol. The number of carbonyl (C=O) groups is 1. The van der Waals surface area contributed by atoms with E-state index < -0.39 is 0 Å². The highest BCUT2D eigenvalue weighted by Crippen LogP contribution is 2.19. The minimum absolute atomic E-state index is 0.0649.